The Hall–Kier alpha value is -2.43. The van der Waals surface area contributed by atoms with Gasteiger partial charge in [-0.25, -0.2) is 9.89 Å². The van der Waals surface area contributed by atoms with E-state index in [1.807, 2.05) is 0 Å². The van der Waals surface area contributed by atoms with Gasteiger partial charge in [-0.2, -0.15) is 5.10 Å². The molecule has 98 valence electrons. The van der Waals surface area contributed by atoms with E-state index < -0.39 is 0 Å². The fourth-order valence-corrected chi connectivity index (χ4v) is 1.64. The summed E-state index contributed by atoms with van der Waals surface area (Å²) >= 11 is 0. The van der Waals surface area contributed by atoms with Gasteiger partial charge in [-0.3, -0.25) is 4.79 Å². The number of H-pyrrole nitrogens is 1. The number of carbonyl (C=O) groups excluding carboxylic acids is 1. The highest BCUT2D eigenvalue weighted by Crippen LogP contribution is 2.17. The first-order valence-electron chi connectivity index (χ1n) is 5.95. The van der Waals surface area contributed by atoms with Gasteiger partial charge in [0.2, 0.25) is 0 Å². The predicted molar refractivity (Wildman–Crippen MR) is 71.0 cm³/mol. The van der Waals surface area contributed by atoms with Crippen LogP contribution in [0.3, 0.4) is 0 Å². The largest absolute Gasteiger partial charge is 0.462 e. The number of aryl methyl sites for hydroxylation is 1. The molecule has 0 unspecified atom stereocenters. The van der Waals surface area contributed by atoms with Crippen molar-refractivity contribution >= 4 is 5.97 Å². The van der Waals surface area contributed by atoms with Crippen LogP contribution in [0.5, 0.6) is 0 Å². The minimum absolute atomic E-state index is 0.202. The molecule has 1 N–H and O–H groups in total. The number of hydrogen-bond donors (Lipinski definition) is 1. The zero-order valence-corrected chi connectivity index (χ0v) is 10.8. The van der Waals surface area contributed by atoms with Crippen molar-refractivity contribution in [3.8, 4) is 11.3 Å². The van der Waals surface area contributed by atoms with Crippen LogP contribution in [-0.4, -0.2) is 22.8 Å². The predicted octanol–water partition coefficient (Wildman–Crippen LogP) is 1.92. The molecular weight excluding hydrogens is 244 g/mol. The van der Waals surface area contributed by atoms with E-state index in [2.05, 4.69) is 10.2 Å². The molecule has 5 nitrogen and oxygen atoms in total. The molecule has 0 spiro atoms. The number of rotatable bonds is 3. The Morgan fingerprint density at radius 2 is 2.00 bits per heavy atom. The Bertz CT molecular complexity index is 644. The number of hydrogen-bond acceptors (Lipinski definition) is 4. The molecule has 0 saturated heterocycles. The maximum absolute atomic E-state index is 11.5. The Labute approximate surface area is 110 Å². The Balaban J connectivity index is 2.29. The van der Waals surface area contributed by atoms with Crippen molar-refractivity contribution in [2.75, 3.05) is 6.61 Å². The first-order chi connectivity index (χ1) is 9.11. The lowest BCUT2D eigenvalue weighted by molar-refractivity contribution is 0.0526. The highest BCUT2D eigenvalue weighted by molar-refractivity contribution is 5.89. The summed E-state index contributed by atoms with van der Waals surface area (Å²) in [5.74, 6) is -0.348. The zero-order valence-electron chi connectivity index (χ0n) is 10.8. The molecule has 0 radical (unpaired) electrons. The number of aromatic amines is 1. The molecule has 5 heteroatoms. The van der Waals surface area contributed by atoms with Crippen LogP contribution in [0.15, 0.2) is 35.1 Å². The average Bonchev–Trinajstić information content (AvgIpc) is 2.42. The van der Waals surface area contributed by atoms with Crippen LogP contribution in [0.2, 0.25) is 0 Å². The maximum Gasteiger partial charge on any atom is 0.338 e. The first kappa shape index (κ1) is 13.0. The molecule has 0 aliphatic heterocycles. The van der Waals surface area contributed by atoms with Gasteiger partial charge in [-0.05, 0) is 32.0 Å². The summed E-state index contributed by atoms with van der Waals surface area (Å²) in [7, 11) is 0. The summed E-state index contributed by atoms with van der Waals surface area (Å²) in [4.78, 5) is 22.7. The van der Waals surface area contributed by atoms with Gasteiger partial charge < -0.3 is 4.74 Å². The lowest BCUT2D eigenvalue weighted by Gasteiger charge is -2.04. The van der Waals surface area contributed by atoms with Crippen LogP contribution >= 0.6 is 0 Å². The summed E-state index contributed by atoms with van der Waals surface area (Å²) in [6.45, 7) is 3.83. The molecule has 0 amide bonds. The molecule has 1 aromatic heterocycles. The van der Waals surface area contributed by atoms with E-state index in [1.165, 1.54) is 0 Å². The summed E-state index contributed by atoms with van der Waals surface area (Å²) < 4.78 is 4.91. The summed E-state index contributed by atoms with van der Waals surface area (Å²) in [6, 6.07) is 8.60. The molecule has 0 atom stereocenters. The summed E-state index contributed by atoms with van der Waals surface area (Å²) in [6.07, 6.45) is 0. The lowest BCUT2D eigenvalue weighted by atomic mass is 10.1. The Kier molecular flexibility index (Phi) is 3.75. The molecule has 0 fully saturated rings. The first-order valence-corrected chi connectivity index (χ1v) is 5.95. The fourth-order valence-electron chi connectivity index (χ4n) is 1.64. The third kappa shape index (κ3) is 2.88. The summed E-state index contributed by atoms with van der Waals surface area (Å²) in [5.41, 5.74) is 2.37. The molecule has 0 aliphatic rings. The van der Waals surface area contributed by atoms with Gasteiger partial charge in [0.15, 0.2) is 0 Å². The van der Waals surface area contributed by atoms with E-state index in [4.69, 9.17) is 4.74 Å². The third-order valence-corrected chi connectivity index (χ3v) is 2.68. The second-order valence-corrected chi connectivity index (χ2v) is 4.06. The van der Waals surface area contributed by atoms with Crippen molar-refractivity contribution < 1.29 is 9.53 Å². The van der Waals surface area contributed by atoms with Gasteiger partial charge in [-0.1, -0.05) is 12.1 Å². The van der Waals surface area contributed by atoms with Crippen molar-refractivity contribution in [3.63, 3.8) is 0 Å². The Morgan fingerprint density at radius 1 is 1.32 bits per heavy atom. The number of nitrogens with one attached hydrogen (secondary N) is 1. The van der Waals surface area contributed by atoms with Crippen LogP contribution in [0.4, 0.5) is 0 Å². The van der Waals surface area contributed by atoms with Gasteiger partial charge in [0.25, 0.3) is 5.56 Å². The zero-order chi connectivity index (χ0) is 13.8. The van der Waals surface area contributed by atoms with Crippen LogP contribution in [0.25, 0.3) is 11.3 Å². The highest BCUT2D eigenvalue weighted by atomic mass is 16.5. The highest BCUT2D eigenvalue weighted by Gasteiger charge is 2.07. The summed E-state index contributed by atoms with van der Waals surface area (Å²) in [5, 5.41) is 6.39. The standard InChI is InChI=1S/C14H14N2O3/c1-3-19-14(18)11-6-4-10(5-7-11)12-8-9(2)13(17)16-15-12/h4-8H,3H2,1-2H3,(H,16,17). The van der Waals surface area contributed by atoms with E-state index in [0.29, 0.717) is 23.4 Å². The van der Waals surface area contributed by atoms with E-state index in [0.717, 1.165) is 5.56 Å². The third-order valence-electron chi connectivity index (χ3n) is 2.68. The molecule has 2 rings (SSSR count). The molecule has 2 aromatic rings. The van der Waals surface area contributed by atoms with Gasteiger partial charge >= 0.3 is 5.97 Å². The monoisotopic (exact) mass is 258 g/mol. The molecule has 0 saturated carbocycles. The quantitative estimate of drug-likeness (QED) is 0.854. The van der Waals surface area contributed by atoms with Crippen molar-refractivity contribution in [1.29, 1.82) is 0 Å². The second-order valence-electron chi connectivity index (χ2n) is 4.06. The van der Waals surface area contributed by atoms with E-state index in [9.17, 15) is 9.59 Å². The minimum Gasteiger partial charge on any atom is -0.462 e. The molecule has 0 bridgehead atoms. The van der Waals surface area contributed by atoms with Gasteiger partial charge in [0.1, 0.15) is 0 Å². The maximum atomic E-state index is 11.5. The van der Waals surface area contributed by atoms with E-state index in [-0.39, 0.29) is 11.5 Å². The minimum atomic E-state index is -0.348. The van der Waals surface area contributed by atoms with Crippen molar-refractivity contribution in [2.45, 2.75) is 13.8 Å². The second kappa shape index (κ2) is 5.48. The number of ether oxygens (including phenoxy) is 1. The fraction of sp³-hybridized carbons (Fsp3) is 0.214. The number of carbonyl (C=O) groups is 1. The van der Waals surface area contributed by atoms with Crippen LogP contribution in [0.1, 0.15) is 22.8 Å². The Morgan fingerprint density at radius 3 is 2.58 bits per heavy atom. The number of esters is 1. The molecular formula is C14H14N2O3. The molecule has 0 aliphatic carbocycles. The number of nitrogens with zero attached hydrogens (tertiary/aromatic N) is 1. The van der Waals surface area contributed by atoms with E-state index >= 15 is 0 Å². The molecule has 1 heterocycles. The number of aromatic nitrogens is 2. The average molecular weight is 258 g/mol. The normalized spacial score (nSPS) is 10.2. The van der Waals surface area contributed by atoms with Gasteiger partial charge in [0.05, 0.1) is 17.9 Å². The molecule has 19 heavy (non-hydrogen) atoms. The van der Waals surface area contributed by atoms with Gasteiger partial charge in [0, 0.05) is 11.1 Å². The van der Waals surface area contributed by atoms with Gasteiger partial charge in [-0.15, -0.1) is 0 Å². The molecule has 1 aromatic carbocycles. The lowest BCUT2D eigenvalue weighted by Crippen LogP contribution is -2.11. The van der Waals surface area contributed by atoms with Crippen LogP contribution in [-0.2, 0) is 4.74 Å². The van der Waals surface area contributed by atoms with Crippen molar-refractivity contribution in [1.82, 2.24) is 10.2 Å². The number of benzene rings is 1. The topological polar surface area (TPSA) is 72.1 Å². The van der Waals surface area contributed by atoms with Crippen molar-refractivity contribution in [2.24, 2.45) is 0 Å². The van der Waals surface area contributed by atoms with Crippen LogP contribution in [0, 0.1) is 6.92 Å². The smallest absolute Gasteiger partial charge is 0.338 e. The van der Waals surface area contributed by atoms with Crippen LogP contribution < -0.4 is 5.56 Å². The van der Waals surface area contributed by atoms with Crippen molar-refractivity contribution in [3.05, 3.63) is 51.8 Å². The van der Waals surface area contributed by atoms with E-state index in [1.54, 1.807) is 44.2 Å². The SMILES string of the molecule is CCOC(=O)c1ccc(-c2cc(C)c(=O)[nH]n2)cc1.